The van der Waals surface area contributed by atoms with Gasteiger partial charge < -0.3 is 21.1 Å². The molecule has 4 unspecified atom stereocenters. The summed E-state index contributed by atoms with van der Waals surface area (Å²) in [6.45, 7) is 3.59. The lowest BCUT2D eigenvalue weighted by Crippen LogP contribution is -2.36. The third kappa shape index (κ3) is 1.27. The summed E-state index contributed by atoms with van der Waals surface area (Å²) in [5.74, 6) is 0. The Morgan fingerprint density at radius 1 is 1.17 bits per heavy atom. The first-order chi connectivity index (χ1) is 5.46. The van der Waals surface area contributed by atoms with Crippen LogP contribution in [0.3, 0.4) is 0 Å². The van der Waals surface area contributed by atoms with Crippen molar-refractivity contribution in [2.45, 2.75) is 38.2 Å². The third-order valence-corrected chi connectivity index (χ3v) is 2.30. The minimum absolute atomic E-state index is 0.551. The summed E-state index contributed by atoms with van der Waals surface area (Å²) >= 11 is 0. The van der Waals surface area contributed by atoms with Crippen molar-refractivity contribution in [3.8, 4) is 0 Å². The molecular weight excluding hydrogens is 158 g/mol. The number of allylic oxidation sites excluding steroid dienone is 1. The quantitative estimate of drug-likeness (QED) is 0.345. The molecule has 1 aliphatic carbocycles. The molecule has 0 saturated heterocycles. The van der Waals surface area contributed by atoms with E-state index < -0.39 is 24.4 Å². The highest BCUT2D eigenvalue weighted by molar-refractivity contribution is 5.30. The van der Waals surface area contributed by atoms with Crippen LogP contribution in [0.25, 0.3) is 0 Å². The summed E-state index contributed by atoms with van der Waals surface area (Å²) in [5.41, 5.74) is 6.98. The molecule has 0 radical (unpaired) electrons. The number of aliphatic hydroxyl groups excluding tert-OH is 3. The topological polar surface area (TPSA) is 86.7 Å². The fourth-order valence-corrected chi connectivity index (χ4v) is 1.59. The normalized spacial score (nSPS) is 42.0. The summed E-state index contributed by atoms with van der Waals surface area (Å²) in [5, 5.41) is 27.9. The van der Waals surface area contributed by atoms with E-state index in [2.05, 4.69) is 0 Å². The molecule has 0 heterocycles. The number of nitrogens with two attached hydrogens (primary N) is 1. The van der Waals surface area contributed by atoms with Gasteiger partial charge in [0, 0.05) is 0 Å². The Kier molecular flexibility index (Phi) is 2.53. The first-order valence-electron chi connectivity index (χ1n) is 3.94. The number of hydrogen-bond donors (Lipinski definition) is 4. The second kappa shape index (κ2) is 3.14. The van der Waals surface area contributed by atoms with E-state index in [0.29, 0.717) is 5.57 Å². The zero-order chi connectivity index (χ0) is 9.46. The Bertz CT molecular complexity index is 194. The number of hydrogen-bond acceptors (Lipinski definition) is 4. The summed E-state index contributed by atoms with van der Waals surface area (Å²) < 4.78 is 0. The maximum atomic E-state index is 9.42. The van der Waals surface area contributed by atoms with Gasteiger partial charge in [-0.2, -0.15) is 0 Å². The molecular formula is C8H15NO3. The molecule has 0 spiro atoms. The molecule has 12 heavy (non-hydrogen) atoms. The summed E-state index contributed by atoms with van der Waals surface area (Å²) in [6, 6.07) is -0.639. The lowest BCUT2D eigenvalue weighted by molar-refractivity contribution is -0.0168. The van der Waals surface area contributed by atoms with Crippen LogP contribution in [0.1, 0.15) is 13.8 Å². The van der Waals surface area contributed by atoms with E-state index in [1.54, 1.807) is 13.8 Å². The molecule has 1 fully saturated rings. The smallest absolute Gasteiger partial charge is 0.111 e. The molecule has 0 amide bonds. The molecule has 1 saturated carbocycles. The van der Waals surface area contributed by atoms with Gasteiger partial charge in [0.25, 0.3) is 0 Å². The van der Waals surface area contributed by atoms with E-state index in [-0.39, 0.29) is 0 Å². The monoisotopic (exact) mass is 173 g/mol. The van der Waals surface area contributed by atoms with E-state index in [4.69, 9.17) is 5.73 Å². The highest BCUT2D eigenvalue weighted by atomic mass is 16.4. The van der Waals surface area contributed by atoms with Gasteiger partial charge in [-0.05, 0) is 19.4 Å². The van der Waals surface area contributed by atoms with Crippen LogP contribution in [-0.2, 0) is 0 Å². The van der Waals surface area contributed by atoms with Gasteiger partial charge in [0.1, 0.15) is 18.3 Å². The summed E-state index contributed by atoms with van der Waals surface area (Å²) in [4.78, 5) is 0. The zero-order valence-corrected chi connectivity index (χ0v) is 7.23. The van der Waals surface area contributed by atoms with Crippen LogP contribution in [-0.4, -0.2) is 39.7 Å². The molecule has 5 N–H and O–H groups in total. The number of rotatable bonds is 0. The highest BCUT2D eigenvalue weighted by Crippen LogP contribution is 2.27. The Labute approximate surface area is 71.3 Å². The molecule has 1 aliphatic rings. The largest absolute Gasteiger partial charge is 0.388 e. The van der Waals surface area contributed by atoms with Crippen LogP contribution in [0, 0.1) is 0 Å². The second-order valence-corrected chi connectivity index (χ2v) is 3.41. The predicted octanol–water partition coefficient (Wildman–Crippen LogP) is -1.25. The van der Waals surface area contributed by atoms with Gasteiger partial charge in [0.05, 0.1) is 6.04 Å². The molecule has 1 rings (SSSR count). The minimum Gasteiger partial charge on any atom is -0.388 e. The van der Waals surface area contributed by atoms with E-state index >= 15 is 0 Å². The van der Waals surface area contributed by atoms with E-state index in [9.17, 15) is 15.3 Å². The fourth-order valence-electron chi connectivity index (χ4n) is 1.59. The average molecular weight is 173 g/mol. The van der Waals surface area contributed by atoms with Crippen molar-refractivity contribution in [3.05, 3.63) is 11.1 Å². The molecule has 0 aromatic rings. The van der Waals surface area contributed by atoms with E-state index in [1.165, 1.54) is 0 Å². The lowest BCUT2D eigenvalue weighted by Gasteiger charge is -2.11. The standard InChI is InChI=1S/C8H15NO3/c1-3(2)4-5(9)7(11)8(12)6(4)10/h5-8,10-12H,9H2,1-2H3. The number of aliphatic hydroxyl groups is 3. The molecule has 70 valence electrons. The van der Waals surface area contributed by atoms with E-state index in [1.807, 2.05) is 0 Å². The van der Waals surface area contributed by atoms with E-state index in [0.717, 1.165) is 5.57 Å². The third-order valence-electron chi connectivity index (χ3n) is 2.30. The van der Waals surface area contributed by atoms with Gasteiger partial charge in [-0.25, -0.2) is 0 Å². The van der Waals surface area contributed by atoms with Gasteiger partial charge in [0.15, 0.2) is 0 Å². The van der Waals surface area contributed by atoms with Gasteiger partial charge in [-0.3, -0.25) is 0 Å². The lowest BCUT2D eigenvalue weighted by atomic mass is 10.0. The Balaban J connectivity index is 2.99. The van der Waals surface area contributed by atoms with Crippen molar-refractivity contribution < 1.29 is 15.3 Å². The van der Waals surface area contributed by atoms with Crippen molar-refractivity contribution >= 4 is 0 Å². The molecule has 4 atom stereocenters. The summed E-state index contributed by atoms with van der Waals surface area (Å²) in [6.07, 6.45) is -3.21. The van der Waals surface area contributed by atoms with Crippen LogP contribution < -0.4 is 5.73 Å². The molecule has 0 bridgehead atoms. The fraction of sp³-hybridized carbons (Fsp3) is 0.750. The molecule has 4 nitrogen and oxygen atoms in total. The van der Waals surface area contributed by atoms with Crippen molar-refractivity contribution in [2.75, 3.05) is 0 Å². The Morgan fingerprint density at radius 2 is 1.67 bits per heavy atom. The van der Waals surface area contributed by atoms with Crippen LogP contribution >= 0.6 is 0 Å². The van der Waals surface area contributed by atoms with Crippen molar-refractivity contribution in [1.29, 1.82) is 0 Å². The highest BCUT2D eigenvalue weighted by Gasteiger charge is 2.43. The molecule has 4 heteroatoms. The maximum Gasteiger partial charge on any atom is 0.111 e. The maximum absolute atomic E-state index is 9.42. The van der Waals surface area contributed by atoms with Crippen molar-refractivity contribution in [1.82, 2.24) is 0 Å². The predicted molar refractivity (Wildman–Crippen MR) is 44.4 cm³/mol. The zero-order valence-electron chi connectivity index (χ0n) is 7.23. The summed E-state index contributed by atoms with van der Waals surface area (Å²) in [7, 11) is 0. The average Bonchev–Trinajstić information content (AvgIpc) is 2.16. The second-order valence-electron chi connectivity index (χ2n) is 3.41. The van der Waals surface area contributed by atoms with Crippen LogP contribution in [0.2, 0.25) is 0 Å². The Hall–Kier alpha value is -0.420. The Morgan fingerprint density at radius 3 is 1.83 bits per heavy atom. The first-order valence-corrected chi connectivity index (χ1v) is 3.94. The van der Waals surface area contributed by atoms with Gasteiger partial charge in [-0.1, -0.05) is 5.57 Å². The van der Waals surface area contributed by atoms with Gasteiger partial charge >= 0.3 is 0 Å². The first kappa shape index (κ1) is 9.67. The molecule has 0 aliphatic heterocycles. The van der Waals surface area contributed by atoms with Crippen LogP contribution in [0.5, 0.6) is 0 Å². The molecule has 0 aromatic heterocycles. The van der Waals surface area contributed by atoms with Crippen molar-refractivity contribution in [3.63, 3.8) is 0 Å². The minimum atomic E-state index is -1.15. The van der Waals surface area contributed by atoms with Crippen molar-refractivity contribution in [2.24, 2.45) is 5.73 Å². The van der Waals surface area contributed by atoms with Gasteiger partial charge in [-0.15, -0.1) is 0 Å². The van der Waals surface area contributed by atoms with Crippen LogP contribution in [0.4, 0.5) is 0 Å². The molecule has 0 aromatic carbocycles. The van der Waals surface area contributed by atoms with Crippen LogP contribution in [0.15, 0.2) is 11.1 Å². The van der Waals surface area contributed by atoms with Gasteiger partial charge in [0.2, 0.25) is 0 Å². The SMILES string of the molecule is CC(C)=C1C(N)C(O)C(O)C1O.